The van der Waals surface area contributed by atoms with E-state index < -0.39 is 6.09 Å². The lowest BCUT2D eigenvalue weighted by Crippen LogP contribution is -2.16. The average molecular weight is 170 g/mol. The molecule has 9 heavy (non-hydrogen) atoms. The summed E-state index contributed by atoms with van der Waals surface area (Å²) in [6.07, 6.45) is 0.517. The van der Waals surface area contributed by atoms with Crippen molar-refractivity contribution in [2.24, 2.45) is 0 Å². The second-order valence-corrected chi connectivity index (χ2v) is 2.08. The molecule has 1 amide bonds. The molecular weight excluding hydrogens is 165 g/mol. The SMILES string of the molecule is COC(=O)NC=C(Cl)Cl. The van der Waals surface area contributed by atoms with Crippen LogP contribution in [0.5, 0.6) is 0 Å². The summed E-state index contributed by atoms with van der Waals surface area (Å²) >= 11 is 10.3. The van der Waals surface area contributed by atoms with Gasteiger partial charge in [0.05, 0.1) is 7.11 Å². The number of ether oxygens (including phenoxy) is 1. The highest BCUT2D eigenvalue weighted by Crippen LogP contribution is 2.02. The van der Waals surface area contributed by atoms with Crippen LogP contribution in [0.1, 0.15) is 0 Å². The molecule has 0 aromatic carbocycles. The van der Waals surface area contributed by atoms with Crippen molar-refractivity contribution in [3.63, 3.8) is 0 Å². The lowest BCUT2D eigenvalue weighted by molar-refractivity contribution is 0.175. The van der Waals surface area contributed by atoms with Crippen LogP contribution >= 0.6 is 23.2 Å². The van der Waals surface area contributed by atoms with Crippen molar-refractivity contribution >= 4 is 29.3 Å². The van der Waals surface area contributed by atoms with E-state index in [1.807, 2.05) is 0 Å². The Kier molecular flexibility index (Phi) is 4.26. The maximum atomic E-state index is 10.2. The largest absolute Gasteiger partial charge is 0.453 e. The summed E-state index contributed by atoms with van der Waals surface area (Å²) in [5, 5.41) is 2.14. The van der Waals surface area contributed by atoms with Crippen LogP contribution in [-0.2, 0) is 4.74 Å². The van der Waals surface area contributed by atoms with E-state index in [1.54, 1.807) is 0 Å². The zero-order chi connectivity index (χ0) is 7.28. The molecule has 0 spiro atoms. The summed E-state index contributed by atoms with van der Waals surface area (Å²) in [5.41, 5.74) is 0. The summed E-state index contributed by atoms with van der Waals surface area (Å²) in [5.74, 6) is 0. The lowest BCUT2D eigenvalue weighted by Gasteiger charge is -1.94. The topological polar surface area (TPSA) is 38.3 Å². The van der Waals surface area contributed by atoms with Crippen LogP contribution in [0.15, 0.2) is 10.7 Å². The third kappa shape index (κ3) is 5.46. The van der Waals surface area contributed by atoms with Crippen LogP contribution in [0.25, 0.3) is 0 Å². The van der Waals surface area contributed by atoms with Crippen molar-refractivity contribution in [3.05, 3.63) is 10.7 Å². The summed E-state index contributed by atoms with van der Waals surface area (Å²) in [4.78, 5) is 10.2. The first-order chi connectivity index (χ1) is 4.16. The second kappa shape index (κ2) is 4.47. The summed E-state index contributed by atoms with van der Waals surface area (Å²) in [7, 11) is 1.24. The number of carbonyl (C=O) groups excluding carboxylic acids is 1. The fourth-order valence-corrected chi connectivity index (χ4v) is 0.282. The van der Waals surface area contributed by atoms with Crippen LogP contribution in [0.2, 0.25) is 0 Å². The number of halogens is 2. The van der Waals surface area contributed by atoms with Gasteiger partial charge in [-0.1, -0.05) is 23.2 Å². The van der Waals surface area contributed by atoms with E-state index in [0.717, 1.165) is 6.20 Å². The van der Waals surface area contributed by atoms with Gasteiger partial charge in [0, 0.05) is 6.20 Å². The van der Waals surface area contributed by atoms with Crippen LogP contribution in [0, 0.1) is 0 Å². The van der Waals surface area contributed by atoms with E-state index in [9.17, 15) is 4.79 Å². The molecule has 0 aliphatic carbocycles. The number of methoxy groups -OCH3 is 1. The average Bonchev–Trinajstić information content (AvgIpc) is 1.83. The molecule has 3 nitrogen and oxygen atoms in total. The Morgan fingerprint density at radius 3 is 2.56 bits per heavy atom. The molecule has 0 heterocycles. The van der Waals surface area contributed by atoms with E-state index in [-0.39, 0.29) is 4.49 Å². The van der Waals surface area contributed by atoms with E-state index >= 15 is 0 Å². The van der Waals surface area contributed by atoms with E-state index in [1.165, 1.54) is 7.11 Å². The maximum absolute atomic E-state index is 10.2. The van der Waals surface area contributed by atoms with Gasteiger partial charge in [0.1, 0.15) is 4.49 Å². The maximum Gasteiger partial charge on any atom is 0.410 e. The summed E-state index contributed by atoms with van der Waals surface area (Å²) in [6, 6.07) is 0. The lowest BCUT2D eigenvalue weighted by atomic mass is 10.9. The van der Waals surface area contributed by atoms with Gasteiger partial charge in [0.15, 0.2) is 0 Å². The fraction of sp³-hybridized carbons (Fsp3) is 0.250. The Labute approximate surface area is 62.6 Å². The normalized spacial score (nSPS) is 7.89. The van der Waals surface area contributed by atoms with Gasteiger partial charge in [-0.05, 0) is 0 Å². The molecule has 0 radical (unpaired) electrons. The van der Waals surface area contributed by atoms with E-state index in [4.69, 9.17) is 23.2 Å². The van der Waals surface area contributed by atoms with Crippen molar-refractivity contribution in [3.8, 4) is 0 Å². The minimum absolute atomic E-state index is 0.0274. The molecular formula is C4H5Cl2NO2. The molecule has 0 aromatic heterocycles. The first kappa shape index (κ1) is 8.59. The van der Waals surface area contributed by atoms with Gasteiger partial charge in [0.2, 0.25) is 0 Å². The minimum atomic E-state index is -0.603. The van der Waals surface area contributed by atoms with Crippen molar-refractivity contribution in [1.29, 1.82) is 0 Å². The van der Waals surface area contributed by atoms with Gasteiger partial charge in [-0.25, -0.2) is 4.79 Å². The molecule has 0 aliphatic rings. The number of amides is 1. The highest BCUT2D eigenvalue weighted by atomic mass is 35.5. The van der Waals surface area contributed by atoms with Gasteiger partial charge in [-0.3, -0.25) is 5.32 Å². The zero-order valence-corrected chi connectivity index (χ0v) is 6.16. The van der Waals surface area contributed by atoms with Gasteiger partial charge in [0.25, 0.3) is 0 Å². The number of nitrogens with one attached hydrogen (secondary N) is 1. The van der Waals surface area contributed by atoms with Crippen LogP contribution in [-0.4, -0.2) is 13.2 Å². The first-order valence-corrected chi connectivity index (χ1v) is 2.78. The molecule has 0 aromatic rings. The Bertz CT molecular complexity index is 131. The molecule has 0 unspecified atom stereocenters. The van der Waals surface area contributed by atoms with E-state index in [2.05, 4.69) is 10.1 Å². The molecule has 0 aliphatic heterocycles. The first-order valence-electron chi connectivity index (χ1n) is 2.02. The van der Waals surface area contributed by atoms with Gasteiger partial charge >= 0.3 is 6.09 Å². The summed E-state index contributed by atoms with van der Waals surface area (Å²) in [6.45, 7) is 0. The predicted octanol–water partition coefficient (Wildman–Crippen LogP) is 1.62. The molecule has 52 valence electrons. The third-order valence-electron chi connectivity index (χ3n) is 0.485. The van der Waals surface area contributed by atoms with Crippen molar-refractivity contribution in [2.45, 2.75) is 0 Å². The quantitative estimate of drug-likeness (QED) is 0.649. The number of carbonyl (C=O) groups is 1. The molecule has 0 atom stereocenters. The number of rotatable bonds is 1. The molecule has 5 heteroatoms. The highest BCUT2D eigenvalue weighted by Gasteiger charge is 1.92. The smallest absolute Gasteiger partial charge is 0.410 e. The molecule has 1 N–H and O–H groups in total. The zero-order valence-electron chi connectivity index (χ0n) is 4.65. The monoisotopic (exact) mass is 169 g/mol. The van der Waals surface area contributed by atoms with Gasteiger partial charge in [-0.15, -0.1) is 0 Å². The highest BCUT2D eigenvalue weighted by molar-refractivity contribution is 6.55. The number of hydrogen-bond donors (Lipinski definition) is 1. The molecule has 0 fully saturated rings. The van der Waals surface area contributed by atoms with Crippen molar-refractivity contribution < 1.29 is 9.53 Å². The van der Waals surface area contributed by atoms with Crippen LogP contribution < -0.4 is 5.32 Å². The summed E-state index contributed by atoms with van der Waals surface area (Å²) < 4.78 is 4.16. The van der Waals surface area contributed by atoms with Crippen LogP contribution in [0.3, 0.4) is 0 Å². The predicted molar refractivity (Wildman–Crippen MR) is 35.3 cm³/mol. The second-order valence-electron chi connectivity index (χ2n) is 1.07. The molecule has 0 bridgehead atoms. The molecule has 0 saturated carbocycles. The standard InChI is InChI=1S/C4H5Cl2NO2/c1-9-4(8)7-2-3(5)6/h2H,1H3,(H,7,8). The third-order valence-corrected chi connectivity index (χ3v) is 0.703. The molecule has 0 rings (SSSR count). The number of alkyl carbamates (subject to hydrolysis) is 1. The Morgan fingerprint density at radius 1 is 1.67 bits per heavy atom. The van der Waals surface area contributed by atoms with E-state index in [0.29, 0.717) is 0 Å². The Balaban J connectivity index is 3.50. The Hall–Kier alpha value is -0.410. The molecule has 0 saturated heterocycles. The Morgan fingerprint density at radius 2 is 2.22 bits per heavy atom. The van der Waals surface area contributed by atoms with Crippen LogP contribution in [0.4, 0.5) is 4.79 Å². The van der Waals surface area contributed by atoms with Gasteiger partial charge in [-0.2, -0.15) is 0 Å². The fourth-order valence-electron chi connectivity index (χ4n) is 0.172. The van der Waals surface area contributed by atoms with Gasteiger partial charge < -0.3 is 4.74 Å². The number of hydrogen-bond acceptors (Lipinski definition) is 2. The van der Waals surface area contributed by atoms with Crippen molar-refractivity contribution in [1.82, 2.24) is 5.32 Å². The van der Waals surface area contributed by atoms with Crippen molar-refractivity contribution in [2.75, 3.05) is 7.11 Å². The minimum Gasteiger partial charge on any atom is -0.453 e.